The first-order valence-electron chi connectivity index (χ1n) is 6.97. The number of rotatable bonds is 3. The number of carbonyl (C=O) groups is 1. The monoisotopic (exact) mass is 240 g/mol. The molecule has 0 aromatic heterocycles. The van der Waals surface area contributed by atoms with E-state index in [0.717, 1.165) is 32.1 Å². The second-order valence-electron chi connectivity index (χ2n) is 5.35. The third-order valence-corrected chi connectivity index (χ3v) is 4.08. The van der Waals surface area contributed by atoms with Crippen LogP contribution < -0.4 is 11.1 Å². The summed E-state index contributed by atoms with van der Waals surface area (Å²) in [5, 5.41) is 2.97. The first-order chi connectivity index (χ1) is 8.29. The Morgan fingerprint density at radius 2 is 1.76 bits per heavy atom. The molecule has 2 aliphatic rings. The van der Waals surface area contributed by atoms with Crippen molar-refractivity contribution < 1.29 is 9.53 Å². The molecule has 2 unspecified atom stereocenters. The largest absolute Gasteiger partial charge is 0.446 e. The number of ether oxygens (including phenoxy) is 1. The molecular weight excluding hydrogens is 216 g/mol. The van der Waals surface area contributed by atoms with Gasteiger partial charge in [0.05, 0.1) is 0 Å². The van der Waals surface area contributed by atoms with E-state index < -0.39 is 0 Å². The van der Waals surface area contributed by atoms with Crippen LogP contribution >= 0.6 is 0 Å². The maximum atomic E-state index is 11.8. The molecule has 0 heterocycles. The number of alkyl carbamates (subject to hydrolysis) is 1. The molecule has 1 amide bonds. The topological polar surface area (TPSA) is 64.3 Å². The van der Waals surface area contributed by atoms with E-state index in [1.54, 1.807) is 0 Å². The van der Waals surface area contributed by atoms with Crippen LogP contribution in [0.5, 0.6) is 0 Å². The van der Waals surface area contributed by atoms with Gasteiger partial charge >= 0.3 is 6.09 Å². The summed E-state index contributed by atoms with van der Waals surface area (Å²) in [5.74, 6) is 0.359. The molecule has 98 valence electrons. The number of hydrogen-bond acceptors (Lipinski definition) is 3. The van der Waals surface area contributed by atoms with E-state index in [-0.39, 0.29) is 12.2 Å². The van der Waals surface area contributed by atoms with Crippen molar-refractivity contribution in [2.24, 2.45) is 11.7 Å². The summed E-state index contributed by atoms with van der Waals surface area (Å²) in [4.78, 5) is 11.8. The lowest BCUT2D eigenvalue weighted by Crippen LogP contribution is -2.40. The first-order valence-corrected chi connectivity index (χ1v) is 6.97. The third kappa shape index (κ3) is 3.60. The molecule has 4 heteroatoms. The van der Waals surface area contributed by atoms with E-state index in [2.05, 4.69) is 5.32 Å². The van der Waals surface area contributed by atoms with Gasteiger partial charge in [0, 0.05) is 12.0 Å². The molecule has 2 rings (SSSR count). The maximum absolute atomic E-state index is 11.8. The Hall–Kier alpha value is -0.770. The lowest BCUT2D eigenvalue weighted by atomic mass is 9.86. The lowest BCUT2D eigenvalue weighted by molar-refractivity contribution is 0.0386. The summed E-state index contributed by atoms with van der Waals surface area (Å²) in [5.41, 5.74) is 5.72. The van der Waals surface area contributed by atoms with E-state index in [4.69, 9.17) is 10.5 Å². The Morgan fingerprint density at radius 3 is 2.47 bits per heavy atom. The van der Waals surface area contributed by atoms with Gasteiger partial charge < -0.3 is 15.8 Å². The molecule has 2 fully saturated rings. The summed E-state index contributed by atoms with van der Waals surface area (Å²) in [6.45, 7) is 0.626. The van der Waals surface area contributed by atoms with E-state index in [0.29, 0.717) is 18.5 Å². The molecule has 17 heavy (non-hydrogen) atoms. The third-order valence-electron chi connectivity index (χ3n) is 4.08. The van der Waals surface area contributed by atoms with Crippen molar-refractivity contribution >= 4 is 6.09 Å². The Bertz CT molecular complexity index is 252. The van der Waals surface area contributed by atoms with Gasteiger partial charge in [-0.05, 0) is 38.6 Å². The molecule has 0 bridgehead atoms. The Morgan fingerprint density at radius 1 is 1.12 bits per heavy atom. The molecule has 3 N–H and O–H groups in total. The first kappa shape index (κ1) is 12.7. The van der Waals surface area contributed by atoms with Gasteiger partial charge in [-0.15, -0.1) is 0 Å². The SMILES string of the molecule is NCC1CCCCC1OC(=O)NC1CCCC1. The van der Waals surface area contributed by atoms with Crippen LogP contribution in [0, 0.1) is 5.92 Å². The Labute approximate surface area is 103 Å². The summed E-state index contributed by atoms with van der Waals surface area (Å²) in [6, 6.07) is 0.336. The summed E-state index contributed by atoms with van der Waals surface area (Å²) >= 11 is 0. The van der Waals surface area contributed by atoms with E-state index in [1.807, 2.05) is 0 Å². The number of hydrogen-bond donors (Lipinski definition) is 2. The van der Waals surface area contributed by atoms with Crippen LogP contribution in [0.2, 0.25) is 0 Å². The van der Waals surface area contributed by atoms with Crippen molar-refractivity contribution in [3.05, 3.63) is 0 Å². The van der Waals surface area contributed by atoms with Crippen LogP contribution in [-0.2, 0) is 4.74 Å². The zero-order valence-electron chi connectivity index (χ0n) is 10.5. The van der Waals surface area contributed by atoms with Crippen LogP contribution in [0.4, 0.5) is 4.79 Å². The van der Waals surface area contributed by atoms with Crippen molar-refractivity contribution in [1.29, 1.82) is 0 Å². The maximum Gasteiger partial charge on any atom is 0.407 e. The average Bonchev–Trinajstić information content (AvgIpc) is 2.82. The molecule has 0 saturated heterocycles. The number of nitrogens with two attached hydrogens (primary N) is 1. The van der Waals surface area contributed by atoms with Gasteiger partial charge in [0.25, 0.3) is 0 Å². The average molecular weight is 240 g/mol. The molecule has 2 saturated carbocycles. The van der Waals surface area contributed by atoms with Gasteiger partial charge in [0.1, 0.15) is 6.10 Å². The van der Waals surface area contributed by atoms with E-state index >= 15 is 0 Å². The fourth-order valence-corrected chi connectivity index (χ4v) is 3.01. The highest BCUT2D eigenvalue weighted by molar-refractivity contribution is 5.67. The van der Waals surface area contributed by atoms with Crippen molar-refractivity contribution in [2.75, 3.05) is 6.54 Å². The second kappa shape index (κ2) is 6.24. The van der Waals surface area contributed by atoms with Gasteiger partial charge in [-0.1, -0.05) is 19.3 Å². The molecule has 0 aromatic carbocycles. The molecule has 0 aromatic rings. The summed E-state index contributed by atoms with van der Waals surface area (Å²) < 4.78 is 5.53. The summed E-state index contributed by atoms with van der Waals surface area (Å²) in [6.07, 6.45) is 8.87. The number of carbonyl (C=O) groups excluding carboxylic acids is 1. The fraction of sp³-hybridized carbons (Fsp3) is 0.923. The Kier molecular flexibility index (Phi) is 4.66. The summed E-state index contributed by atoms with van der Waals surface area (Å²) in [7, 11) is 0. The number of nitrogens with one attached hydrogen (secondary N) is 1. The van der Waals surface area contributed by atoms with Crippen LogP contribution in [0.25, 0.3) is 0 Å². The fourth-order valence-electron chi connectivity index (χ4n) is 3.01. The minimum absolute atomic E-state index is 0.0372. The van der Waals surface area contributed by atoms with Crippen molar-refractivity contribution in [3.63, 3.8) is 0 Å². The molecular formula is C13H24N2O2. The van der Waals surface area contributed by atoms with Crippen LogP contribution in [-0.4, -0.2) is 24.8 Å². The molecule has 0 radical (unpaired) electrons. The molecule has 2 aliphatic carbocycles. The molecule has 4 nitrogen and oxygen atoms in total. The second-order valence-corrected chi connectivity index (χ2v) is 5.35. The minimum atomic E-state index is -0.234. The zero-order chi connectivity index (χ0) is 12.1. The van der Waals surface area contributed by atoms with Gasteiger partial charge in [0.15, 0.2) is 0 Å². The Balaban J connectivity index is 1.75. The predicted molar refractivity (Wildman–Crippen MR) is 66.7 cm³/mol. The van der Waals surface area contributed by atoms with Crippen LogP contribution in [0.15, 0.2) is 0 Å². The zero-order valence-corrected chi connectivity index (χ0v) is 10.5. The predicted octanol–water partition coefficient (Wildman–Crippen LogP) is 2.17. The van der Waals surface area contributed by atoms with E-state index in [9.17, 15) is 4.79 Å². The molecule has 0 spiro atoms. The van der Waals surface area contributed by atoms with Gasteiger partial charge in [-0.3, -0.25) is 0 Å². The lowest BCUT2D eigenvalue weighted by Gasteiger charge is -2.30. The number of amides is 1. The highest BCUT2D eigenvalue weighted by Gasteiger charge is 2.28. The normalized spacial score (nSPS) is 30.2. The van der Waals surface area contributed by atoms with E-state index in [1.165, 1.54) is 19.3 Å². The minimum Gasteiger partial charge on any atom is -0.446 e. The van der Waals surface area contributed by atoms with Gasteiger partial charge in [-0.25, -0.2) is 4.79 Å². The van der Waals surface area contributed by atoms with Crippen LogP contribution in [0.3, 0.4) is 0 Å². The standard InChI is InChI=1S/C13H24N2O2/c14-9-10-5-1-4-8-12(10)17-13(16)15-11-6-2-3-7-11/h10-12H,1-9,14H2,(H,15,16). The van der Waals surface area contributed by atoms with Gasteiger partial charge in [-0.2, -0.15) is 0 Å². The van der Waals surface area contributed by atoms with Gasteiger partial charge in [0.2, 0.25) is 0 Å². The van der Waals surface area contributed by atoms with Crippen molar-refractivity contribution in [1.82, 2.24) is 5.32 Å². The highest BCUT2D eigenvalue weighted by Crippen LogP contribution is 2.26. The highest BCUT2D eigenvalue weighted by atomic mass is 16.6. The van der Waals surface area contributed by atoms with Crippen LogP contribution in [0.1, 0.15) is 51.4 Å². The van der Waals surface area contributed by atoms with Crippen molar-refractivity contribution in [2.45, 2.75) is 63.5 Å². The quantitative estimate of drug-likeness (QED) is 0.794. The smallest absolute Gasteiger partial charge is 0.407 e. The molecule has 2 atom stereocenters. The van der Waals surface area contributed by atoms with Crippen molar-refractivity contribution in [3.8, 4) is 0 Å². The molecule has 0 aliphatic heterocycles.